The third-order valence-corrected chi connectivity index (χ3v) is 4.68. The molecule has 8 heteroatoms. The number of hydrogen-bond donors (Lipinski definition) is 2. The van der Waals surface area contributed by atoms with Gasteiger partial charge >= 0.3 is 5.97 Å². The van der Waals surface area contributed by atoms with Crippen LogP contribution in [0.15, 0.2) is 29.1 Å². The van der Waals surface area contributed by atoms with Crippen molar-refractivity contribution >= 4 is 22.6 Å². The molecule has 0 aliphatic heterocycles. The van der Waals surface area contributed by atoms with Gasteiger partial charge in [-0.2, -0.15) is 5.10 Å². The number of esters is 1. The van der Waals surface area contributed by atoms with E-state index in [-0.39, 0.29) is 30.8 Å². The number of hydrogen-bond acceptors (Lipinski definition) is 6. The number of benzene rings is 1. The molecule has 1 aromatic carbocycles. The normalized spacial score (nSPS) is 14.9. The number of carbonyl (C=O) groups excluding carboxylic acids is 2. The third kappa shape index (κ3) is 4.51. The van der Waals surface area contributed by atoms with E-state index in [1.54, 1.807) is 24.3 Å². The van der Waals surface area contributed by atoms with Crippen LogP contribution in [0.25, 0.3) is 10.8 Å². The first-order chi connectivity index (χ1) is 13.1. The van der Waals surface area contributed by atoms with E-state index in [0.29, 0.717) is 10.8 Å². The zero-order valence-electron chi connectivity index (χ0n) is 15.0. The molecule has 0 radical (unpaired) electrons. The summed E-state index contributed by atoms with van der Waals surface area (Å²) in [7, 11) is 0. The molecule has 2 aromatic rings. The predicted octanol–water partition coefficient (Wildman–Crippen LogP) is 0.994. The minimum Gasteiger partial charge on any atom is -0.451 e. The number of rotatable bonds is 6. The van der Waals surface area contributed by atoms with Gasteiger partial charge in [-0.3, -0.25) is 9.59 Å². The van der Waals surface area contributed by atoms with E-state index >= 15 is 0 Å². The summed E-state index contributed by atoms with van der Waals surface area (Å²) >= 11 is 0. The number of aliphatic hydroxyl groups is 1. The Hall–Kier alpha value is -2.74. The molecule has 2 N–H and O–H groups in total. The van der Waals surface area contributed by atoms with E-state index in [0.717, 1.165) is 30.4 Å². The number of carbonyl (C=O) groups is 2. The molecule has 0 spiro atoms. The van der Waals surface area contributed by atoms with Gasteiger partial charge in [0.1, 0.15) is 0 Å². The lowest BCUT2D eigenvalue weighted by atomic mass is 9.95. The van der Waals surface area contributed by atoms with Gasteiger partial charge in [0.2, 0.25) is 0 Å². The van der Waals surface area contributed by atoms with Crippen LogP contribution in [0, 0.1) is 0 Å². The molecule has 144 valence electrons. The van der Waals surface area contributed by atoms with Gasteiger partial charge in [-0.05, 0) is 18.9 Å². The maximum atomic E-state index is 12.5. The molecule has 0 atom stereocenters. The second-order valence-electron chi connectivity index (χ2n) is 6.62. The van der Waals surface area contributed by atoms with Gasteiger partial charge < -0.3 is 15.2 Å². The number of nitrogens with zero attached hydrogens (tertiary/aromatic N) is 2. The average molecular weight is 373 g/mol. The smallest absolute Gasteiger partial charge is 0.359 e. The quantitative estimate of drug-likeness (QED) is 0.731. The number of nitrogens with one attached hydrogen (secondary N) is 1. The molecular formula is C19H23N3O5. The summed E-state index contributed by atoms with van der Waals surface area (Å²) in [6.45, 7) is -0.722. The predicted molar refractivity (Wildman–Crippen MR) is 98.4 cm³/mol. The van der Waals surface area contributed by atoms with E-state index in [1.165, 1.54) is 6.42 Å². The number of aliphatic hydroxyl groups excluding tert-OH is 1. The van der Waals surface area contributed by atoms with Crippen LogP contribution in [0.3, 0.4) is 0 Å². The first kappa shape index (κ1) is 19.0. The molecule has 27 heavy (non-hydrogen) atoms. The topological polar surface area (TPSA) is 111 Å². The van der Waals surface area contributed by atoms with Crippen molar-refractivity contribution < 1.29 is 19.4 Å². The largest absolute Gasteiger partial charge is 0.451 e. The van der Waals surface area contributed by atoms with Crippen LogP contribution >= 0.6 is 0 Å². The zero-order valence-corrected chi connectivity index (χ0v) is 15.0. The fourth-order valence-electron chi connectivity index (χ4n) is 3.35. The Morgan fingerprint density at radius 2 is 1.89 bits per heavy atom. The Kier molecular flexibility index (Phi) is 6.18. The van der Waals surface area contributed by atoms with Crippen molar-refractivity contribution in [2.45, 2.75) is 44.7 Å². The minimum atomic E-state index is -0.781. The Balaban J connectivity index is 1.74. The van der Waals surface area contributed by atoms with Crippen molar-refractivity contribution in [3.63, 3.8) is 0 Å². The van der Waals surface area contributed by atoms with Crippen molar-refractivity contribution in [3.05, 3.63) is 40.3 Å². The van der Waals surface area contributed by atoms with Crippen molar-refractivity contribution in [1.29, 1.82) is 0 Å². The molecule has 0 saturated heterocycles. The summed E-state index contributed by atoms with van der Waals surface area (Å²) in [5.74, 6) is -1.13. The molecule has 3 rings (SSSR count). The van der Waals surface area contributed by atoms with Crippen LogP contribution in [-0.4, -0.2) is 46.0 Å². The molecule has 1 fully saturated rings. The van der Waals surface area contributed by atoms with Crippen LogP contribution in [0.2, 0.25) is 0 Å². The molecule has 1 saturated carbocycles. The lowest BCUT2D eigenvalue weighted by molar-refractivity contribution is -0.125. The highest BCUT2D eigenvalue weighted by Crippen LogP contribution is 2.17. The Labute approximate surface area is 156 Å². The van der Waals surface area contributed by atoms with Crippen LogP contribution in [0.1, 0.15) is 42.6 Å². The highest BCUT2D eigenvalue weighted by Gasteiger charge is 2.20. The number of amides is 1. The standard InChI is InChI=1S/C19H23N3O5/c23-11-10-22-18(25)15-9-5-4-8-14(15)17(21-22)19(26)27-12-16(24)20-13-6-2-1-3-7-13/h4-5,8-9,13,23H,1-3,6-7,10-12H2,(H,20,24). The van der Waals surface area contributed by atoms with Gasteiger partial charge in [0, 0.05) is 11.4 Å². The summed E-state index contributed by atoms with van der Waals surface area (Å²) in [6, 6.07) is 6.69. The molecule has 1 aliphatic carbocycles. The summed E-state index contributed by atoms with van der Waals surface area (Å²) in [4.78, 5) is 36.9. The molecule has 8 nitrogen and oxygen atoms in total. The molecule has 0 unspecified atom stereocenters. The van der Waals surface area contributed by atoms with Gasteiger partial charge in [0.15, 0.2) is 12.3 Å². The highest BCUT2D eigenvalue weighted by atomic mass is 16.5. The van der Waals surface area contributed by atoms with Crippen LogP contribution in [-0.2, 0) is 16.1 Å². The molecule has 1 aromatic heterocycles. The fourth-order valence-corrected chi connectivity index (χ4v) is 3.35. The molecule has 1 aliphatic rings. The van der Waals surface area contributed by atoms with Gasteiger partial charge in [-0.25, -0.2) is 9.48 Å². The number of ether oxygens (including phenoxy) is 1. The summed E-state index contributed by atoms with van der Waals surface area (Å²) < 4.78 is 6.15. The van der Waals surface area contributed by atoms with Gasteiger partial charge in [0.05, 0.1) is 18.5 Å². The Bertz CT molecular complexity index is 887. The van der Waals surface area contributed by atoms with Gasteiger partial charge in [0.25, 0.3) is 11.5 Å². The molecule has 0 bridgehead atoms. The first-order valence-corrected chi connectivity index (χ1v) is 9.17. The molecule has 1 amide bonds. The Morgan fingerprint density at radius 3 is 2.59 bits per heavy atom. The monoisotopic (exact) mass is 373 g/mol. The SMILES string of the molecule is O=C(COC(=O)c1nn(CCO)c(=O)c2ccccc12)NC1CCCCC1. The summed E-state index contributed by atoms with van der Waals surface area (Å²) in [6.07, 6.45) is 5.25. The fraction of sp³-hybridized carbons (Fsp3) is 0.474. The Morgan fingerprint density at radius 1 is 1.19 bits per heavy atom. The maximum Gasteiger partial charge on any atom is 0.359 e. The number of aromatic nitrogens is 2. The maximum absolute atomic E-state index is 12.5. The van der Waals surface area contributed by atoms with E-state index in [9.17, 15) is 14.4 Å². The van der Waals surface area contributed by atoms with Crippen LogP contribution < -0.4 is 10.9 Å². The second kappa shape index (κ2) is 8.77. The molecule has 1 heterocycles. The minimum absolute atomic E-state index is 0.0356. The van der Waals surface area contributed by atoms with E-state index in [4.69, 9.17) is 9.84 Å². The van der Waals surface area contributed by atoms with E-state index in [2.05, 4.69) is 10.4 Å². The highest BCUT2D eigenvalue weighted by molar-refractivity contribution is 6.02. The van der Waals surface area contributed by atoms with Crippen LogP contribution in [0.5, 0.6) is 0 Å². The van der Waals surface area contributed by atoms with E-state index in [1.807, 2.05) is 0 Å². The average Bonchev–Trinajstić information content (AvgIpc) is 2.69. The van der Waals surface area contributed by atoms with Crippen LogP contribution in [0.4, 0.5) is 0 Å². The summed E-state index contributed by atoms with van der Waals surface area (Å²) in [5.41, 5.74) is -0.449. The first-order valence-electron chi connectivity index (χ1n) is 9.17. The van der Waals surface area contributed by atoms with Crippen molar-refractivity contribution in [1.82, 2.24) is 15.1 Å². The van der Waals surface area contributed by atoms with Crippen molar-refractivity contribution in [3.8, 4) is 0 Å². The lowest BCUT2D eigenvalue weighted by Gasteiger charge is -2.22. The van der Waals surface area contributed by atoms with Crippen molar-refractivity contribution in [2.75, 3.05) is 13.2 Å². The zero-order chi connectivity index (χ0) is 19.2. The van der Waals surface area contributed by atoms with E-state index < -0.39 is 18.1 Å². The lowest BCUT2D eigenvalue weighted by Crippen LogP contribution is -2.38. The third-order valence-electron chi connectivity index (χ3n) is 4.68. The van der Waals surface area contributed by atoms with Gasteiger partial charge in [-0.1, -0.05) is 37.5 Å². The number of fused-ring (bicyclic) bond motifs is 1. The van der Waals surface area contributed by atoms with Gasteiger partial charge in [-0.15, -0.1) is 0 Å². The second-order valence-corrected chi connectivity index (χ2v) is 6.62. The summed E-state index contributed by atoms with van der Waals surface area (Å²) in [5, 5.41) is 16.7. The van der Waals surface area contributed by atoms with Crippen molar-refractivity contribution in [2.24, 2.45) is 0 Å². The molecular weight excluding hydrogens is 350 g/mol.